The van der Waals surface area contributed by atoms with Gasteiger partial charge in [0.25, 0.3) is 6.29 Å². The molecule has 0 aromatic heterocycles. The summed E-state index contributed by atoms with van der Waals surface area (Å²) in [5.74, 6) is 14.3. The fourth-order valence-corrected chi connectivity index (χ4v) is 3.30. The number of para-hydroxylation sites is 2. The van der Waals surface area contributed by atoms with Gasteiger partial charge in [0.2, 0.25) is 6.54 Å². The van der Waals surface area contributed by atoms with Gasteiger partial charge in [-0.1, -0.05) is 30.0 Å². The number of rotatable bonds is 6. The summed E-state index contributed by atoms with van der Waals surface area (Å²) >= 11 is 0. The highest BCUT2D eigenvalue weighted by molar-refractivity contribution is 6.30. The van der Waals surface area contributed by atoms with Crippen molar-refractivity contribution >= 4 is 11.9 Å². The van der Waals surface area contributed by atoms with Gasteiger partial charge in [0, 0.05) is 18.6 Å². The van der Waals surface area contributed by atoms with Crippen LogP contribution < -0.4 is 20.3 Å². The van der Waals surface area contributed by atoms with Crippen molar-refractivity contribution in [3.63, 3.8) is 0 Å². The molecule has 1 aliphatic heterocycles. The van der Waals surface area contributed by atoms with E-state index in [0.717, 1.165) is 28.2 Å². The largest absolute Gasteiger partial charge is 0.445 e. The Morgan fingerprint density at radius 1 is 1.27 bits per heavy atom. The van der Waals surface area contributed by atoms with E-state index >= 15 is 0 Å². The molecule has 0 bridgehead atoms. The van der Waals surface area contributed by atoms with Gasteiger partial charge in [0.05, 0.1) is 0 Å². The van der Waals surface area contributed by atoms with Crippen molar-refractivity contribution in [2.45, 2.75) is 32.2 Å². The first-order chi connectivity index (χ1) is 14.7. The van der Waals surface area contributed by atoms with Crippen LogP contribution in [-0.4, -0.2) is 31.9 Å². The van der Waals surface area contributed by atoms with Crippen LogP contribution in [0.3, 0.4) is 0 Å². The smallest absolute Gasteiger partial charge is 0.300 e. The molecule has 2 aliphatic rings. The lowest BCUT2D eigenvalue weighted by atomic mass is 9.97. The van der Waals surface area contributed by atoms with Crippen molar-refractivity contribution in [2.24, 2.45) is 16.9 Å². The number of benzene rings is 2. The normalized spacial score (nSPS) is 17.1. The lowest BCUT2D eigenvalue weighted by Crippen LogP contribution is -2.74. The molecule has 30 heavy (non-hydrogen) atoms. The summed E-state index contributed by atoms with van der Waals surface area (Å²) in [5, 5.41) is 3.95. The van der Waals surface area contributed by atoms with Crippen molar-refractivity contribution in [3.05, 3.63) is 59.2 Å². The molecular weight excluding hydrogens is 378 g/mol. The third-order valence-electron chi connectivity index (χ3n) is 5.11. The van der Waals surface area contributed by atoms with Crippen molar-refractivity contribution in [1.29, 1.82) is 0 Å². The zero-order chi connectivity index (χ0) is 20.9. The first-order valence-electron chi connectivity index (χ1n) is 10.1. The SMILES string of the molecule is COC(/C(C=[NH+]CC1Oc2ccccc2O1)=N/N)c1cc(C#CC2CC2)ccc1C. The van der Waals surface area contributed by atoms with Crippen molar-refractivity contribution in [1.82, 2.24) is 0 Å². The summed E-state index contributed by atoms with van der Waals surface area (Å²) in [6.07, 6.45) is 3.33. The minimum atomic E-state index is -0.415. The van der Waals surface area contributed by atoms with Gasteiger partial charge in [-0.05, 0) is 55.2 Å². The molecule has 0 radical (unpaired) electrons. The van der Waals surface area contributed by atoms with Crippen LogP contribution in [0.4, 0.5) is 0 Å². The molecule has 6 heteroatoms. The second-order valence-corrected chi connectivity index (χ2v) is 7.45. The maximum Gasteiger partial charge on any atom is 0.300 e. The van der Waals surface area contributed by atoms with Gasteiger partial charge >= 0.3 is 0 Å². The fourth-order valence-electron chi connectivity index (χ4n) is 3.30. The number of methoxy groups -OCH3 is 1. The van der Waals surface area contributed by atoms with Gasteiger partial charge < -0.3 is 20.1 Å². The number of hydrazone groups is 1. The summed E-state index contributed by atoms with van der Waals surface area (Å²) in [6, 6.07) is 13.7. The Bertz CT molecular complexity index is 1010. The van der Waals surface area contributed by atoms with E-state index in [9.17, 15) is 0 Å². The van der Waals surface area contributed by atoms with E-state index in [1.165, 1.54) is 12.8 Å². The van der Waals surface area contributed by atoms with Gasteiger partial charge in [-0.3, -0.25) is 0 Å². The lowest BCUT2D eigenvalue weighted by molar-refractivity contribution is -0.469. The van der Waals surface area contributed by atoms with Crippen molar-refractivity contribution in [2.75, 3.05) is 13.7 Å². The van der Waals surface area contributed by atoms with E-state index in [-0.39, 0.29) is 0 Å². The number of hydrogen-bond acceptors (Lipinski definition) is 5. The van der Waals surface area contributed by atoms with Crippen LogP contribution in [0, 0.1) is 24.7 Å². The number of hydrogen-bond donors (Lipinski definition) is 2. The molecular formula is C24H26N3O3+. The van der Waals surface area contributed by atoms with Gasteiger partial charge in [-0.25, -0.2) is 4.99 Å². The second kappa shape index (κ2) is 9.02. The van der Waals surface area contributed by atoms with Crippen LogP contribution in [0.1, 0.15) is 35.6 Å². The highest BCUT2D eigenvalue weighted by Crippen LogP contribution is 2.33. The first-order valence-corrected chi connectivity index (χ1v) is 10.1. The van der Waals surface area contributed by atoms with Crippen LogP contribution in [0.5, 0.6) is 11.5 Å². The first kappa shape index (κ1) is 20.0. The van der Waals surface area contributed by atoms with Gasteiger partial charge in [0.15, 0.2) is 23.4 Å². The molecule has 1 heterocycles. The second-order valence-electron chi connectivity index (χ2n) is 7.45. The van der Waals surface area contributed by atoms with Crippen LogP contribution in [0.2, 0.25) is 0 Å². The number of nitrogens with one attached hydrogen (secondary N) is 1. The Hall–Kier alpha value is -3.30. The molecule has 3 N–H and O–H groups in total. The fraction of sp³-hybridized carbons (Fsp3) is 0.333. The van der Waals surface area contributed by atoms with Crippen LogP contribution in [-0.2, 0) is 4.74 Å². The Labute approximate surface area is 176 Å². The molecule has 4 rings (SSSR count). The molecule has 1 aliphatic carbocycles. The van der Waals surface area contributed by atoms with Crippen LogP contribution >= 0.6 is 0 Å². The molecule has 1 atom stereocenters. The molecule has 6 nitrogen and oxygen atoms in total. The maximum absolute atomic E-state index is 5.76. The van der Waals surface area contributed by atoms with Crippen LogP contribution in [0.25, 0.3) is 0 Å². The topological polar surface area (TPSA) is 80.0 Å². The van der Waals surface area contributed by atoms with E-state index in [2.05, 4.69) is 34.1 Å². The van der Waals surface area contributed by atoms with E-state index in [0.29, 0.717) is 18.2 Å². The van der Waals surface area contributed by atoms with Crippen molar-refractivity contribution < 1.29 is 19.2 Å². The Morgan fingerprint density at radius 2 is 2.00 bits per heavy atom. The number of nitrogens with two attached hydrogens (primary N) is 1. The summed E-state index contributed by atoms with van der Waals surface area (Å²) in [5.41, 5.74) is 3.62. The standard InChI is InChI=1S/C24H25N3O3/c1-16-7-8-18(12-11-17-9-10-17)13-19(16)24(28-2)20(27-25)14-26-15-23-29-21-5-3-4-6-22(21)30-23/h3-8,13-14,17,23-24H,9-10,15,25H2,1-2H3/p+1/b26-14?,27-20+. The molecule has 0 amide bonds. The summed E-state index contributed by atoms with van der Waals surface area (Å²) in [7, 11) is 1.64. The molecule has 0 spiro atoms. The monoisotopic (exact) mass is 404 g/mol. The predicted molar refractivity (Wildman–Crippen MR) is 116 cm³/mol. The summed E-state index contributed by atoms with van der Waals surface area (Å²) in [4.78, 5) is 3.19. The van der Waals surface area contributed by atoms with E-state index in [1.54, 1.807) is 13.3 Å². The Morgan fingerprint density at radius 3 is 2.63 bits per heavy atom. The number of aryl methyl sites for hydroxylation is 1. The molecule has 1 unspecified atom stereocenters. The molecule has 1 saturated carbocycles. The third kappa shape index (κ3) is 4.64. The zero-order valence-corrected chi connectivity index (χ0v) is 17.2. The van der Waals surface area contributed by atoms with E-state index in [1.807, 2.05) is 37.3 Å². The van der Waals surface area contributed by atoms with Gasteiger partial charge in [0.1, 0.15) is 6.10 Å². The zero-order valence-electron chi connectivity index (χ0n) is 17.2. The lowest BCUT2D eigenvalue weighted by Gasteiger charge is -2.16. The Kier molecular flexibility index (Phi) is 6.01. The van der Waals surface area contributed by atoms with Gasteiger partial charge in [-0.2, -0.15) is 5.10 Å². The Balaban J connectivity index is 1.46. The number of ether oxygens (including phenoxy) is 3. The molecule has 0 saturated heterocycles. The molecule has 2 aromatic rings. The maximum atomic E-state index is 5.76. The average Bonchev–Trinajstić information content (AvgIpc) is 3.50. The average molecular weight is 404 g/mol. The summed E-state index contributed by atoms with van der Waals surface area (Å²) < 4.78 is 17.3. The number of nitrogens with zero attached hydrogens (tertiary/aromatic N) is 1. The van der Waals surface area contributed by atoms with Crippen molar-refractivity contribution in [3.8, 4) is 23.3 Å². The minimum absolute atomic E-state index is 0.409. The quantitative estimate of drug-likeness (QED) is 0.332. The van der Waals surface area contributed by atoms with E-state index < -0.39 is 12.4 Å². The number of fused-ring (bicyclic) bond motifs is 1. The molecule has 2 aromatic carbocycles. The molecule has 154 valence electrons. The third-order valence-corrected chi connectivity index (χ3v) is 5.11. The predicted octanol–water partition coefficient (Wildman–Crippen LogP) is 1.71. The van der Waals surface area contributed by atoms with Crippen LogP contribution in [0.15, 0.2) is 47.6 Å². The molecule has 1 fully saturated rings. The van der Waals surface area contributed by atoms with Gasteiger partial charge in [-0.15, -0.1) is 0 Å². The van der Waals surface area contributed by atoms with E-state index in [4.69, 9.17) is 20.1 Å². The minimum Gasteiger partial charge on any atom is -0.445 e. The highest BCUT2D eigenvalue weighted by atomic mass is 16.7. The summed E-state index contributed by atoms with van der Waals surface area (Å²) in [6.45, 7) is 2.48. The highest BCUT2D eigenvalue weighted by Gasteiger charge is 2.26.